The second-order valence-electron chi connectivity index (χ2n) is 9.22. The topological polar surface area (TPSA) is 91.7 Å². The van der Waals surface area contributed by atoms with Crippen molar-refractivity contribution in [1.29, 1.82) is 0 Å². The van der Waals surface area contributed by atoms with Gasteiger partial charge in [0, 0.05) is 35.4 Å². The zero-order valence-corrected chi connectivity index (χ0v) is 22.1. The Hall–Kier alpha value is -3.42. The van der Waals surface area contributed by atoms with Gasteiger partial charge in [0.05, 0.1) is 11.7 Å². The van der Waals surface area contributed by atoms with E-state index in [1.807, 2.05) is 30.3 Å². The molecule has 0 aliphatic heterocycles. The number of hydrogen-bond acceptors (Lipinski definition) is 5. The molecule has 0 unspecified atom stereocenters. The molecule has 0 saturated carbocycles. The lowest BCUT2D eigenvalue weighted by Crippen LogP contribution is -2.37. The van der Waals surface area contributed by atoms with Crippen LogP contribution in [0.15, 0.2) is 85.1 Å². The average Bonchev–Trinajstić information content (AvgIpc) is 2.92. The zero-order chi connectivity index (χ0) is 25.8. The van der Waals surface area contributed by atoms with Gasteiger partial charge in [-0.25, -0.2) is 9.78 Å². The third kappa shape index (κ3) is 6.71. The van der Waals surface area contributed by atoms with Crippen LogP contribution < -0.4 is 10.1 Å². The number of aromatic carboxylic acids is 1. The molecule has 6 nitrogen and oxygen atoms in total. The van der Waals surface area contributed by atoms with Crippen molar-refractivity contribution in [2.24, 2.45) is 0 Å². The number of benzene rings is 3. The number of aliphatic hydroxyl groups is 1. The van der Waals surface area contributed by atoms with Gasteiger partial charge in [-0.1, -0.05) is 41.9 Å². The van der Waals surface area contributed by atoms with Gasteiger partial charge in [-0.2, -0.15) is 0 Å². The molecule has 1 aromatic heterocycles. The Balaban J connectivity index is 0.00000336. The monoisotopic (exact) mass is 550 g/mol. The normalized spacial score (nSPS) is 15.2. The number of aryl methyl sites for hydroxylation is 1. The Kier molecular flexibility index (Phi) is 9.02. The lowest BCUT2D eigenvalue weighted by molar-refractivity contribution is 0.0697. The quantitative estimate of drug-likeness (QED) is 0.232. The maximum absolute atomic E-state index is 11.1. The zero-order valence-electron chi connectivity index (χ0n) is 20.5. The van der Waals surface area contributed by atoms with E-state index in [4.69, 9.17) is 21.4 Å². The molecular formula is C30H28Cl2N2O4. The molecule has 1 aliphatic carbocycles. The Labute approximate surface area is 232 Å². The Morgan fingerprint density at radius 3 is 2.53 bits per heavy atom. The van der Waals surface area contributed by atoms with Crippen LogP contribution in [-0.4, -0.2) is 33.8 Å². The fourth-order valence-corrected chi connectivity index (χ4v) is 4.82. The van der Waals surface area contributed by atoms with Crippen molar-refractivity contribution in [3.63, 3.8) is 0 Å². The number of carboxylic acids is 1. The molecule has 38 heavy (non-hydrogen) atoms. The minimum absolute atomic E-state index is 0. The van der Waals surface area contributed by atoms with E-state index in [1.165, 1.54) is 11.1 Å². The number of hydrogen-bond donors (Lipinski definition) is 3. The van der Waals surface area contributed by atoms with Gasteiger partial charge in [-0.05, 0) is 84.0 Å². The number of carbonyl (C=O) groups is 1. The first-order valence-electron chi connectivity index (χ1n) is 12.2. The van der Waals surface area contributed by atoms with E-state index in [1.54, 1.807) is 42.6 Å². The molecule has 1 heterocycles. The fraction of sp³-hybridized carbons (Fsp3) is 0.200. The highest BCUT2D eigenvalue weighted by Gasteiger charge is 2.20. The molecule has 3 N–H and O–H groups in total. The summed E-state index contributed by atoms with van der Waals surface area (Å²) in [4.78, 5) is 15.5. The molecule has 2 atom stereocenters. The largest absolute Gasteiger partial charge is 0.478 e. The summed E-state index contributed by atoms with van der Waals surface area (Å²) in [6, 6.07) is 24.1. The third-order valence-corrected chi connectivity index (χ3v) is 6.90. The van der Waals surface area contributed by atoms with Crippen molar-refractivity contribution < 1.29 is 19.7 Å². The van der Waals surface area contributed by atoms with Crippen molar-refractivity contribution in [1.82, 2.24) is 10.3 Å². The number of aliphatic hydroxyl groups excluding tert-OH is 1. The number of pyridine rings is 1. The summed E-state index contributed by atoms with van der Waals surface area (Å²) in [5, 5.41) is 23.7. The number of aromatic nitrogens is 1. The van der Waals surface area contributed by atoms with Crippen LogP contribution in [0.5, 0.6) is 11.6 Å². The number of rotatable bonds is 8. The molecule has 4 aromatic rings. The van der Waals surface area contributed by atoms with Gasteiger partial charge < -0.3 is 20.3 Å². The highest BCUT2D eigenvalue weighted by molar-refractivity contribution is 6.30. The predicted octanol–water partition coefficient (Wildman–Crippen LogP) is 6.49. The highest BCUT2D eigenvalue weighted by Crippen LogP contribution is 2.29. The van der Waals surface area contributed by atoms with Crippen LogP contribution in [-0.2, 0) is 12.8 Å². The van der Waals surface area contributed by atoms with Crippen molar-refractivity contribution in [3.8, 4) is 22.8 Å². The van der Waals surface area contributed by atoms with Gasteiger partial charge in [-0.15, -0.1) is 12.4 Å². The van der Waals surface area contributed by atoms with Gasteiger partial charge in [0.15, 0.2) is 0 Å². The van der Waals surface area contributed by atoms with Crippen LogP contribution in [0.3, 0.4) is 0 Å². The summed E-state index contributed by atoms with van der Waals surface area (Å²) in [5.41, 5.74) is 5.37. The van der Waals surface area contributed by atoms with Crippen molar-refractivity contribution >= 4 is 30.0 Å². The predicted molar refractivity (Wildman–Crippen MR) is 151 cm³/mol. The summed E-state index contributed by atoms with van der Waals surface area (Å²) in [6.45, 7) is 0.464. The van der Waals surface area contributed by atoms with E-state index in [0.717, 1.165) is 41.7 Å². The Bertz CT molecular complexity index is 1390. The fourth-order valence-electron chi connectivity index (χ4n) is 4.62. The van der Waals surface area contributed by atoms with Crippen LogP contribution in [0, 0.1) is 0 Å². The summed E-state index contributed by atoms with van der Waals surface area (Å²) >= 11 is 6.05. The molecule has 0 spiro atoms. The molecule has 5 rings (SSSR count). The standard InChI is InChI=1S/C30H27ClN2O4.ClH/c31-25-3-1-2-22(14-25)28(34)18-32-26-11-8-20-9-12-27(16-24(20)15-26)37-29-13-10-23(17-33-29)19-4-6-21(7-5-19)30(35)36;/h1-7,9-10,12-14,16-17,26,28,32,34H,8,11,15,18H2,(H,35,36);1H/t26-,28+;/m0./s1. The van der Waals surface area contributed by atoms with Crippen LogP contribution in [0.25, 0.3) is 11.1 Å². The molecule has 0 saturated heterocycles. The summed E-state index contributed by atoms with van der Waals surface area (Å²) in [5.74, 6) is 0.265. The summed E-state index contributed by atoms with van der Waals surface area (Å²) < 4.78 is 6.03. The van der Waals surface area contributed by atoms with E-state index in [9.17, 15) is 9.90 Å². The molecule has 0 radical (unpaired) electrons. The Morgan fingerprint density at radius 1 is 1.03 bits per heavy atom. The molecule has 0 bridgehead atoms. The van der Waals surface area contributed by atoms with Crippen LogP contribution in [0.1, 0.15) is 39.6 Å². The van der Waals surface area contributed by atoms with Crippen LogP contribution >= 0.6 is 24.0 Å². The molecule has 196 valence electrons. The van der Waals surface area contributed by atoms with E-state index >= 15 is 0 Å². The van der Waals surface area contributed by atoms with Gasteiger partial charge in [-0.3, -0.25) is 0 Å². The van der Waals surface area contributed by atoms with Crippen LogP contribution in [0.4, 0.5) is 0 Å². The number of halogens is 2. The van der Waals surface area contributed by atoms with Crippen LogP contribution in [0.2, 0.25) is 5.02 Å². The summed E-state index contributed by atoms with van der Waals surface area (Å²) in [6.07, 6.45) is 3.93. The van der Waals surface area contributed by atoms with E-state index in [2.05, 4.69) is 22.4 Å². The second kappa shape index (κ2) is 12.4. The molecule has 1 aliphatic rings. The number of ether oxygens (including phenoxy) is 1. The van der Waals surface area contributed by atoms with Crippen molar-refractivity contribution in [3.05, 3.63) is 112 Å². The summed E-state index contributed by atoms with van der Waals surface area (Å²) in [7, 11) is 0. The van der Waals surface area contributed by atoms with Gasteiger partial charge >= 0.3 is 5.97 Å². The molecule has 8 heteroatoms. The van der Waals surface area contributed by atoms with E-state index < -0.39 is 12.1 Å². The lowest BCUT2D eigenvalue weighted by Gasteiger charge is -2.27. The molecule has 0 amide bonds. The van der Waals surface area contributed by atoms with E-state index in [0.29, 0.717) is 17.4 Å². The number of nitrogens with zero attached hydrogens (tertiary/aromatic N) is 1. The Morgan fingerprint density at radius 2 is 1.82 bits per heavy atom. The average molecular weight is 551 g/mol. The smallest absolute Gasteiger partial charge is 0.335 e. The minimum Gasteiger partial charge on any atom is -0.478 e. The third-order valence-electron chi connectivity index (χ3n) is 6.66. The molecule has 0 fully saturated rings. The highest BCUT2D eigenvalue weighted by atomic mass is 35.5. The second-order valence-corrected chi connectivity index (χ2v) is 9.66. The first-order chi connectivity index (χ1) is 17.9. The minimum atomic E-state index is -0.948. The van der Waals surface area contributed by atoms with Gasteiger partial charge in [0.1, 0.15) is 5.75 Å². The SMILES string of the molecule is Cl.O=C(O)c1ccc(-c2ccc(Oc3ccc4c(c3)C[C@@H](NC[C@@H](O)c3cccc(Cl)c3)CC4)nc2)cc1. The first kappa shape index (κ1) is 27.6. The first-order valence-corrected chi connectivity index (χ1v) is 12.6. The van der Waals surface area contributed by atoms with Gasteiger partial charge in [0.2, 0.25) is 5.88 Å². The number of nitrogens with one attached hydrogen (secondary N) is 1. The maximum atomic E-state index is 11.1. The molecular weight excluding hydrogens is 523 g/mol. The van der Waals surface area contributed by atoms with Crippen molar-refractivity contribution in [2.75, 3.05) is 6.54 Å². The lowest BCUT2D eigenvalue weighted by atomic mass is 9.88. The maximum Gasteiger partial charge on any atom is 0.335 e. The number of fused-ring (bicyclic) bond motifs is 1. The van der Waals surface area contributed by atoms with Gasteiger partial charge in [0.25, 0.3) is 0 Å². The molecule has 3 aromatic carbocycles. The number of carboxylic acid groups (broad SMARTS) is 1. The van der Waals surface area contributed by atoms with Crippen molar-refractivity contribution in [2.45, 2.75) is 31.4 Å². The van der Waals surface area contributed by atoms with E-state index in [-0.39, 0.29) is 24.0 Å².